The molecule has 4 rings (SSSR count). The molecule has 0 saturated carbocycles. The Kier molecular flexibility index (Phi) is 5.93. The molecule has 0 fully saturated rings. The maximum absolute atomic E-state index is 13.2. The molecule has 164 valence electrons. The maximum Gasteiger partial charge on any atom is 0.240 e. The highest BCUT2D eigenvalue weighted by Gasteiger charge is 2.15. The second-order valence-electron chi connectivity index (χ2n) is 6.80. The summed E-state index contributed by atoms with van der Waals surface area (Å²) in [6, 6.07) is 14.8. The fraction of sp³-hybridized carbons (Fsp3) is 0.143. The lowest BCUT2D eigenvalue weighted by atomic mass is 10.2. The quantitative estimate of drug-likeness (QED) is 0.321. The van der Waals surface area contributed by atoms with Crippen LogP contribution in [0, 0.1) is 5.82 Å². The number of sulfonamides is 1. The molecule has 0 unspecified atom stereocenters. The molecule has 0 radical (unpaired) electrons. The largest absolute Gasteiger partial charge is 0.475 e. The summed E-state index contributed by atoms with van der Waals surface area (Å²) in [6.45, 7) is 1.37. The fourth-order valence-corrected chi connectivity index (χ4v) is 3.98. The zero-order chi connectivity index (χ0) is 22.7. The van der Waals surface area contributed by atoms with Gasteiger partial charge in [0, 0.05) is 23.7 Å². The number of hydrogen-bond acceptors (Lipinski definition) is 7. The van der Waals surface area contributed by atoms with E-state index in [0.717, 1.165) is 0 Å². The fourth-order valence-electron chi connectivity index (χ4n) is 2.93. The Morgan fingerprint density at radius 2 is 1.88 bits per heavy atom. The van der Waals surface area contributed by atoms with E-state index in [0.29, 0.717) is 22.6 Å². The van der Waals surface area contributed by atoms with E-state index in [9.17, 15) is 17.6 Å². The molecule has 9 nitrogen and oxygen atoms in total. The zero-order valence-electron chi connectivity index (χ0n) is 16.9. The summed E-state index contributed by atoms with van der Waals surface area (Å²) in [7, 11) is -3.80. The van der Waals surface area contributed by atoms with E-state index in [1.54, 1.807) is 30.3 Å². The molecule has 32 heavy (non-hydrogen) atoms. The minimum atomic E-state index is -3.80. The second-order valence-corrected chi connectivity index (χ2v) is 8.57. The van der Waals surface area contributed by atoms with Crippen LogP contribution >= 0.6 is 0 Å². The molecule has 0 atom stereocenters. The topological polar surface area (TPSA) is 116 Å². The summed E-state index contributed by atoms with van der Waals surface area (Å²) in [6.07, 6.45) is 0. The molecule has 0 amide bonds. The van der Waals surface area contributed by atoms with Crippen molar-refractivity contribution < 1.29 is 22.3 Å². The van der Waals surface area contributed by atoms with Crippen LogP contribution in [-0.4, -0.2) is 47.2 Å². The SMILES string of the molecule is CC(=O)c1cccc(S(=O)(=O)NCCOc2ccc3nnc(-c4ccc(F)cc4)n3n2)c1. The van der Waals surface area contributed by atoms with E-state index < -0.39 is 10.0 Å². The number of Topliss-reactive ketones (excluding diaryl/α,β-unsaturated/α-hetero) is 1. The first-order valence-corrected chi connectivity index (χ1v) is 11.0. The Morgan fingerprint density at radius 3 is 2.62 bits per heavy atom. The van der Waals surface area contributed by atoms with Gasteiger partial charge < -0.3 is 4.74 Å². The van der Waals surface area contributed by atoms with Gasteiger partial charge in [-0.05, 0) is 49.4 Å². The van der Waals surface area contributed by atoms with Crippen molar-refractivity contribution in [3.05, 3.63) is 72.0 Å². The molecule has 2 aromatic heterocycles. The molecule has 1 N–H and O–H groups in total. The van der Waals surface area contributed by atoms with Gasteiger partial charge in [0.2, 0.25) is 15.9 Å². The smallest absolute Gasteiger partial charge is 0.240 e. The van der Waals surface area contributed by atoms with Gasteiger partial charge in [0.25, 0.3) is 0 Å². The van der Waals surface area contributed by atoms with E-state index in [1.807, 2.05) is 0 Å². The van der Waals surface area contributed by atoms with Crippen LogP contribution < -0.4 is 9.46 Å². The third-order valence-electron chi connectivity index (χ3n) is 4.54. The van der Waals surface area contributed by atoms with Crippen LogP contribution in [0.4, 0.5) is 4.39 Å². The normalized spacial score (nSPS) is 11.6. The third-order valence-corrected chi connectivity index (χ3v) is 5.99. The lowest BCUT2D eigenvalue weighted by Crippen LogP contribution is -2.28. The molecule has 0 saturated heterocycles. The Labute approximate surface area is 182 Å². The number of fused-ring (bicyclic) bond motifs is 1. The number of halogens is 1. The van der Waals surface area contributed by atoms with Crippen molar-refractivity contribution in [2.24, 2.45) is 0 Å². The summed E-state index contributed by atoms with van der Waals surface area (Å²) in [4.78, 5) is 11.5. The second kappa shape index (κ2) is 8.81. The molecule has 0 aliphatic rings. The number of nitrogens with one attached hydrogen (secondary N) is 1. The standard InChI is InChI=1S/C21H18FN5O4S/c1-14(28)16-3-2-4-18(13-16)32(29,30)23-11-12-31-20-10-9-19-24-25-21(27(19)26-20)15-5-7-17(22)8-6-15/h2-10,13,23H,11-12H2,1H3. The highest BCUT2D eigenvalue weighted by molar-refractivity contribution is 7.89. The summed E-state index contributed by atoms with van der Waals surface area (Å²) < 4.78 is 47.5. The first-order chi connectivity index (χ1) is 15.3. The predicted molar refractivity (Wildman–Crippen MR) is 113 cm³/mol. The van der Waals surface area contributed by atoms with Crippen molar-refractivity contribution in [2.45, 2.75) is 11.8 Å². The van der Waals surface area contributed by atoms with Gasteiger partial charge in [-0.2, -0.15) is 4.52 Å². The number of ether oxygens (including phenoxy) is 1. The number of rotatable bonds is 8. The van der Waals surface area contributed by atoms with Crippen molar-refractivity contribution in [1.82, 2.24) is 24.5 Å². The molecule has 0 aliphatic carbocycles. The average Bonchev–Trinajstić information content (AvgIpc) is 3.20. The molecular weight excluding hydrogens is 437 g/mol. The minimum absolute atomic E-state index is 0.00169. The number of aromatic nitrogens is 4. The molecule has 11 heteroatoms. The lowest BCUT2D eigenvalue weighted by molar-refractivity contribution is 0.101. The number of carbonyl (C=O) groups excluding carboxylic acids is 1. The van der Waals surface area contributed by atoms with Crippen molar-refractivity contribution in [3.63, 3.8) is 0 Å². The van der Waals surface area contributed by atoms with E-state index >= 15 is 0 Å². The summed E-state index contributed by atoms with van der Waals surface area (Å²) in [5.41, 5.74) is 1.42. The average molecular weight is 455 g/mol. The van der Waals surface area contributed by atoms with Gasteiger partial charge in [0.1, 0.15) is 12.4 Å². The van der Waals surface area contributed by atoms with Gasteiger partial charge in [0.15, 0.2) is 17.3 Å². The molecule has 4 aromatic rings. The number of benzene rings is 2. The maximum atomic E-state index is 13.2. The molecule has 2 heterocycles. The first kappa shape index (κ1) is 21.5. The van der Waals surface area contributed by atoms with Gasteiger partial charge in [0.05, 0.1) is 4.90 Å². The van der Waals surface area contributed by atoms with Gasteiger partial charge in [-0.1, -0.05) is 12.1 Å². The predicted octanol–water partition coefficient (Wildman–Crippen LogP) is 2.49. The van der Waals surface area contributed by atoms with Gasteiger partial charge in [-0.15, -0.1) is 15.3 Å². The molecule has 0 spiro atoms. The van der Waals surface area contributed by atoms with Crippen molar-refractivity contribution in [2.75, 3.05) is 13.2 Å². The Morgan fingerprint density at radius 1 is 1.09 bits per heavy atom. The number of carbonyl (C=O) groups is 1. The Balaban J connectivity index is 1.42. The molecule has 0 bridgehead atoms. The molecule has 0 aliphatic heterocycles. The number of hydrogen-bond donors (Lipinski definition) is 1. The van der Waals surface area contributed by atoms with E-state index in [2.05, 4.69) is 20.0 Å². The summed E-state index contributed by atoms with van der Waals surface area (Å²) >= 11 is 0. The van der Waals surface area contributed by atoms with Gasteiger partial charge >= 0.3 is 0 Å². The first-order valence-electron chi connectivity index (χ1n) is 9.55. The Bertz CT molecular complexity index is 1390. The van der Waals surface area contributed by atoms with E-state index in [1.165, 1.54) is 41.8 Å². The number of nitrogens with zero attached hydrogens (tertiary/aromatic N) is 4. The van der Waals surface area contributed by atoms with Crippen LogP contribution in [0.3, 0.4) is 0 Å². The van der Waals surface area contributed by atoms with Crippen LogP contribution in [0.2, 0.25) is 0 Å². The van der Waals surface area contributed by atoms with Crippen molar-refractivity contribution in [1.29, 1.82) is 0 Å². The third kappa shape index (κ3) is 4.63. The molecular formula is C21H18FN5O4S. The highest BCUT2D eigenvalue weighted by atomic mass is 32.2. The van der Waals surface area contributed by atoms with E-state index in [4.69, 9.17) is 4.74 Å². The van der Waals surface area contributed by atoms with Gasteiger partial charge in [-0.3, -0.25) is 4.79 Å². The number of ketones is 1. The Hall–Kier alpha value is -3.70. The van der Waals surface area contributed by atoms with Crippen molar-refractivity contribution in [3.8, 4) is 17.3 Å². The van der Waals surface area contributed by atoms with Crippen LogP contribution in [0.5, 0.6) is 5.88 Å². The summed E-state index contributed by atoms with van der Waals surface area (Å²) in [5.74, 6) is 0.0609. The summed E-state index contributed by atoms with van der Waals surface area (Å²) in [5, 5.41) is 12.4. The molecule has 2 aromatic carbocycles. The minimum Gasteiger partial charge on any atom is -0.475 e. The van der Waals surface area contributed by atoms with Crippen LogP contribution in [0.1, 0.15) is 17.3 Å². The van der Waals surface area contributed by atoms with E-state index in [-0.39, 0.29) is 35.5 Å². The van der Waals surface area contributed by atoms with Crippen molar-refractivity contribution >= 4 is 21.5 Å². The zero-order valence-corrected chi connectivity index (χ0v) is 17.7. The van der Waals surface area contributed by atoms with Crippen LogP contribution in [0.25, 0.3) is 17.0 Å². The van der Waals surface area contributed by atoms with Gasteiger partial charge in [-0.25, -0.2) is 17.5 Å². The monoisotopic (exact) mass is 455 g/mol. The lowest BCUT2D eigenvalue weighted by Gasteiger charge is -2.09. The van der Waals surface area contributed by atoms with Crippen LogP contribution in [-0.2, 0) is 10.0 Å². The van der Waals surface area contributed by atoms with Crippen LogP contribution in [0.15, 0.2) is 65.6 Å². The highest BCUT2D eigenvalue weighted by Crippen LogP contribution is 2.19.